The number of rotatable bonds is 5. The highest BCUT2D eigenvalue weighted by Crippen LogP contribution is 2.25. The molecule has 0 aliphatic carbocycles. The minimum atomic E-state index is -0.467. The monoisotopic (exact) mass is 434 g/mol. The fourth-order valence-corrected chi connectivity index (χ4v) is 3.79. The number of hydrogen-bond acceptors (Lipinski definition) is 6. The van der Waals surface area contributed by atoms with Crippen LogP contribution in [0.15, 0.2) is 48.8 Å². The van der Waals surface area contributed by atoms with Gasteiger partial charge in [-0.1, -0.05) is 12.1 Å². The topological polar surface area (TPSA) is 104 Å². The summed E-state index contributed by atoms with van der Waals surface area (Å²) in [6.07, 6.45) is 3.83. The number of ether oxygens (including phenoxy) is 1. The van der Waals surface area contributed by atoms with Crippen LogP contribution in [-0.4, -0.2) is 68.0 Å². The predicted molar refractivity (Wildman–Crippen MR) is 117 cm³/mol. The van der Waals surface area contributed by atoms with E-state index >= 15 is 0 Å². The number of aromatic amines is 1. The number of benzene rings is 1. The molecule has 2 amide bonds. The van der Waals surface area contributed by atoms with E-state index in [4.69, 9.17) is 4.74 Å². The lowest BCUT2D eigenvalue weighted by Crippen LogP contribution is -2.42. The van der Waals surface area contributed by atoms with Gasteiger partial charge in [0, 0.05) is 37.6 Å². The van der Waals surface area contributed by atoms with Crippen LogP contribution in [-0.2, 0) is 4.79 Å². The van der Waals surface area contributed by atoms with Gasteiger partial charge in [-0.25, -0.2) is 4.98 Å². The van der Waals surface area contributed by atoms with Gasteiger partial charge in [0.15, 0.2) is 12.4 Å². The summed E-state index contributed by atoms with van der Waals surface area (Å²) in [6.45, 7) is 5.02. The fraction of sp³-hybridized carbons (Fsp3) is 0.348. The zero-order valence-corrected chi connectivity index (χ0v) is 18.2. The second kappa shape index (κ2) is 9.59. The maximum absolute atomic E-state index is 13.3. The number of pyridine rings is 1. The van der Waals surface area contributed by atoms with Crippen LogP contribution in [0.2, 0.25) is 0 Å². The Hall–Kier alpha value is -3.75. The van der Waals surface area contributed by atoms with Crippen molar-refractivity contribution in [3.05, 3.63) is 71.6 Å². The lowest BCUT2D eigenvalue weighted by Gasteiger charge is -2.30. The van der Waals surface area contributed by atoms with Gasteiger partial charge in [0.05, 0.1) is 0 Å². The number of hydrogen-bond donors (Lipinski definition) is 1. The van der Waals surface area contributed by atoms with Gasteiger partial charge in [0.1, 0.15) is 17.6 Å². The quantitative estimate of drug-likeness (QED) is 0.661. The van der Waals surface area contributed by atoms with Gasteiger partial charge in [-0.2, -0.15) is 5.10 Å². The standard InChI is InChI=1S/C23H26N6O3/c1-16-5-3-6-19(13-16)32-15-21(30)28-11-4-12-29(23(31)18-7-9-24-10-8-18)20(14-28)22-25-17(2)26-27-22/h3,5-10,13,20H,4,11-12,14-15H2,1-2H3,(H,25,26,27). The highest BCUT2D eigenvalue weighted by Gasteiger charge is 2.34. The molecule has 0 radical (unpaired) electrons. The molecule has 0 saturated carbocycles. The van der Waals surface area contributed by atoms with Crippen molar-refractivity contribution < 1.29 is 14.3 Å². The zero-order chi connectivity index (χ0) is 22.5. The SMILES string of the molecule is Cc1cccc(OCC(=O)N2CCCN(C(=O)c3ccncc3)C(c3n[nH]c(C)n3)C2)c1. The molecule has 4 rings (SSSR count). The maximum atomic E-state index is 13.3. The number of amides is 2. The first-order chi connectivity index (χ1) is 15.5. The van der Waals surface area contributed by atoms with Gasteiger partial charge in [0.2, 0.25) is 0 Å². The molecule has 1 aliphatic rings. The third-order valence-corrected chi connectivity index (χ3v) is 5.40. The van der Waals surface area contributed by atoms with Crippen LogP contribution < -0.4 is 4.74 Å². The average molecular weight is 435 g/mol. The van der Waals surface area contributed by atoms with Gasteiger partial charge in [-0.15, -0.1) is 0 Å². The molecular weight excluding hydrogens is 408 g/mol. The molecule has 3 heterocycles. The third kappa shape index (κ3) is 4.93. The third-order valence-electron chi connectivity index (χ3n) is 5.40. The Labute approximate surface area is 186 Å². The molecule has 3 aromatic rings. The van der Waals surface area contributed by atoms with Gasteiger partial charge < -0.3 is 14.5 Å². The van der Waals surface area contributed by atoms with E-state index in [0.717, 1.165) is 5.56 Å². The van der Waals surface area contributed by atoms with E-state index in [2.05, 4.69) is 20.2 Å². The van der Waals surface area contributed by atoms with Crippen LogP contribution >= 0.6 is 0 Å². The van der Waals surface area contributed by atoms with E-state index in [1.54, 1.807) is 41.2 Å². The van der Waals surface area contributed by atoms with Crippen molar-refractivity contribution in [2.45, 2.75) is 26.3 Å². The highest BCUT2D eigenvalue weighted by atomic mass is 16.5. The molecule has 1 N–H and O–H groups in total. The summed E-state index contributed by atoms with van der Waals surface area (Å²) in [4.78, 5) is 38.2. The number of nitrogens with one attached hydrogen (secondary N) is 1. The molecule has 1 fully saturated rings. The average Bonchev–Trinajstić information content (AvgIpc) is 3.11. The molecule has 0 spiro atoms. The normalized spacial score (nSPS) is 16.5. The molecule has 1 unspecified atom stereocenters. The second-order valence-electron chi connectivity index (χ2n) is 7.83. The van der Waals surface area contributed by atoms with Crippen molar-refractivity contribution in [2.75, 3.05) is 26.2 Å². The van der Waals surface area contributed by atoms with E-state index in [0.29, 0.717) is 49.0 Å². The minimum absolute atomic E-state index is 0.0680. The van der Waals surface area contributed by atoms with Crippen molar-refractivity contribution in [3.8, 4) is 5.75 Å². The van der Waals surface area contributed by atoms with Crippen molar-refractivity contribution in [1.82, 2.24) is 30.0 Å². The Kier molecular flexibility index (Phi) is 6.44. The number of nitrogens with zero attached hydrogens (tertiary/aromatic N) is 5. The molecule has 1 atom stereocenters. The summed E-state index contributed by atoms with van der Waals surface area (Å²) in [7, 11) is 0. The van der Waals surface area contributed by atoms with E-state index in [-0.39, 0.29) is 18.4 Å². The zero-order valence-electron chi connectivity index (χ0n) is 18.2. The predicted octanol–water partition coefficient (Wildman–Crippen LogP) is 2.31. The van der Waals surface area contributed by atoms with Crippen molar-refractivity contribution in [1.29, 1.82) is 0 Å². The molecular formula is C23H26N6O3. The first kappa shape index (κ1) is 21.5. The van der Waals surface area contributed by atoms with Crippen molar-refractivity contribution in [3.63, 3.8) is 0 Å². The summed E-state index contributed by atoms with van der Waals surface area (Å²) in [6, 6.07) is 10.5. The lowest BCUT2D eigenvalue weighted by atomic mass is 10.1. The summed E-state index contributed by atoms with van der Waals surface area (Å²) in [5.41, 5.74) is 1.61. The molecule has 32 heavy (non-hydrogen) atoms. The van der Waals surface area contributed by atoms with Crippen LogP contribution in [0.25, 0.3) is 0 Å². The molecule has 1 aromatic carbocycles. The smallest absolute Gasteiger partial charge is 0.260 e. The fourth-order valence-electron chi connectivity index (χ4n) is 3.79. The Morgan fingerprint density at radius 3 is 2.69 bits per heavy atom. The van der Waals surface area contributed by atoms with Gasteiger partial charge in [-0.3, -0.25) is 19.7 Å². The second-order valence-corrected chi connectivity index (χ2v) is 7.83. The molecule has 1 saturated heterocycles. The lowest BCUT2D eigenvalue weighted by molar-refractivity contribution is -0.133. The van der Waals surface area contributed by atoms with Gasteiger partial charge in [0.25, 0.3) is 11.8 Å². The van der Waals surface area contributed by atoms with Gasteiger partial charge in [-0.05, 0) is 50.1 Å². The Balaban J connectivity index is 1.53. The molecule has 1 aliphatic heterocycles. The van der Waals surface area contributed by atoms with E-state index in [1.165, 1.54) is 0 Å². The Bertz CT molecular complexity index is 1080. The van der Waals surface area contributed by atoms with Crippen LogP contribution in [0.3, 0.4) is 0 Å². The summed E-state index contributed by atoms with van der Waals surface area (Å²) < 4.78 is 5.72. The van der Waals surface area contributed by atoms with Crippen LogP contribution in [0.5, 0.6) is 5.75 Å². The highest BCUT2D eigenvalue weighted by molar-refractivity contribution is 5.94. The largest absolute Gasteiger partial charge is 0.484 e. The number of carbonyl (C=O) groups is 2. The first-order valence-corrected chi connectivity index (χ1v) is 10.6. The molecule has 2 aromatic heterocycles. The van der Waals surface area contributed by atoms with Gasteiger partial charge >= 0.3 is 0 Å². The Morgan fingerprint density at radius 2 is 1.97 bits per heavy atom. The van der Waals surface area contributed by atoms with Crippen LogP contribution in [0, 0.1) is 13.8 Å². The van der Waals surface area contributed by atoms with Crippen LogP contribution in [0.4, 0.5) is 0 Å². The van der Waals surface area contributed by atoms with Crippen LogP contribution in [0.1, 0.15) is 40.0 Å². The summed E-state index contributed by atoms with van der Waals surface area (Å²) in [5.74, 6) is 1.53. The van der Waals surface area contributed by atoms with Crippen molar-refractivity contribution in [2.24, 2.45) is 0 Å². The molecule has 166 valence electrons. The summed E-state index contributed by atoms with van der Waals surface area (Å²) in [5, 5.41) is 7.14. The summed E-state index contributed by atoms with van der Waals surface area (Å²) >= 11 is 0. The number of H-pyrrole nitrogens is 1. The van der Waals surface area contributed by atoms with E-state index in [1.807, 2.05) is 31.2 Å². The first-order valence-electron chi connectivity index (χ1n) is 10.6. The van der Waals surface area contributed by atoms with Crippen molar-refractivity contribution >= 4 is 11.8 Å². The molecule has 0 bridgehead atoms. The number of carbonyl (C=O) groups excluding carboxylic acids is 2. The Morgan fingerprint density at radius 1 is 1.16 bits per heavy atom. The van der Waals surface area contributed by atoms with E-state index < -0.39 is 6.04 Å². The molecule has 9 heteroatoms. The maximum Gasteiger partial charge on any atom is 0.260 e. The van der Waals surface area contributed by atoms with E-state index in [9.17, 15) is 9.59 Å². The molecule has 9 nitrogen and oxygen atoms in total. The number of aromatic nitrogens is 4. The number of aryl methyl sites for hydroxylation is 2. The minimum Gasteiger partial charge on any atom is -0.484 e.